The van der Waals surface area contributed by atoms with Crippen molar-refractivity contribution in [1.82, 2.24) is 5.32 Å². The van der Waals surface area contributed by atoms with E-state index in [0.717, 1.165) is 11.3 Å². The summed E-state index contributed by atoms with van der Waals surface area (Å²) in [4.78, 5) is 23.5. The van der Waals surface area contributed by atoms with Crippen LogP contribution in [0.15, 0.2) is 48.5 Å². The first-order valence-electron chi connectivity index (χ1n) is 8.93. The Bertz CT molecular complexity index is 763. The monoisotopic (exact) mass is 387 g/mol. The zero-order valence-electron chi connectivity index (χ0n) is 16.1. The predicted octanol–water partition coefficient (Wildman–Crippen LogP) is 2.72. The molecular formula is C21H25NO6. The molecule has 0 unspecified atom stereocenters. The summed E-state index contributed by atoms with van der Waals surface area (Å²) in [6.07, 6.45) is 0.705. The Morgan fingerprint density at radius 3 is 2.43 bits per heavy atom. The second kappa shape index (κ2) is 11.5. The van der Waals surface area contributed by atoms with E-state index in [9.17, 15) is 9.59 Å². The second-order valence-electron chi connectivity index (χ2n) is 5.89. The van der Waals surface area contributed by atoms with Crippen LogP contribution >= 0.6 is 0 Å². The van der Waals surface area contributed by atoms with Crippen molar-refractivity contribution in [3.05, 3.63) is 54.1 Å². The molecule has 1 amide bonds. The Kier molecular flexibility index (Phi) is 8.65. The maximum absolute atomic E-state index is 11.8. The Morgan fingerprint density at radius 1 is 0.964 bits per heavy atom. The number of hydrogen-bond acceptors (Lipinski definition) is 6. The highest BCUT2D eigenvalue weighted by Gasteiger charge is 2.09. The minimum absolute atomic E-state index is 0.190. The molecule has 0 saturated heterocycles. The Balaban J connectivity index is 1.62. The van der Waals surface area contributed by atoms with Crippen molar-refractivity contribution in [2.75, 3.05) is 27.4 Å². The highest BCUT2D eigenvalue weighted by atomic mass is 16.5. The van der Waals surface area contributed by atoms with Gasteiger partial charge in [0.25, 0.3) is 5.91 Å². The van der Waals surface area contributed by atoms with Crippen molar-refractivity contribution in [2.24, 2.45) is 0 Å². The molecule has 0 aliphatic carbocycles. The van der Waals surface area contributed by atoms with Gasteiger partial charge in [-0.25, -0.2) is 0 Å². The van der Waals surface area contributed by atoms with Gasteiger partial charge in [0.05, 0.1) is 20.8 Å². The third kappa shape index (κ3) is 7.19. The van der Waals surface area contributed by atoms with Crippen molar-refractivity contribution in [3.63, 3.8) is 0 Å². The molecule has 0 aliphatic rings. The van der Waals surface area contributed by atoms with Gasteiger partial charge >= 0.3 is 5.97 Å². The molecule has 2 aromatic carbocycles. The first-order chi connectivity index (χ1) is 13.6. The number of hydrogen-bond donors (Lipinski definition) is 1. The highest BCUT2D eigenvalue weighted by molar-refractivity contribution is 5.80. The lowest BCUT2D eigenvalue weighted by Gasteiger charge is -2.10. The quantitative estimate of drug-likeness (QED) is 0.472. The lowest BCUT2D eigenvalue weighted by molar-refractivity contribution is -0.148. The molecule has 7 nitrogen and oxygen atoms in total. The van der Waals surface area contributed by atoms with Gasteiger partial charge in [-0.1, -0.05) is 24.3 Å². The number of ether oxygens (including phenoxy) is 4. The molecule has 0 aliphatic heterocycles. The van der Waals surface area contributed by atoms with E-state index < -0.39 is 5.97 Å². The molecule has 0 radical (unpaired) electrons. The summed E-state index contributed by atoms with van der Waals surface area (Å²) in [7, 11) is 3.10. The summed E-state index contributed by atoms with van der Waals surface area (Å²) in [5.74, 6) is 1.15. The average molecular weight is 387 g/mol. The van der Waals surface area contributed by atoms with E-state index in [4.69, 9.17) is 18.9 Å². The summed E-state index contributed by atoms with van der Waals surface area (Å²) >= 11 is 0. The van der Waals surface area contributed by atoms with Crippen LogP contribution in [-0.4, -0.2) is 39.3 Å². The molecule has 1 N–H and O–H groups in total. The standard InChI is InChI=1S/C21H25NO6/c1-25-18-11-10-16(13-19(18)26-2)14-22-20(23)15-28-21(24)9-6-12-27-17-7-4-3-5-8-17/h3-5,7-8,10-11,13H,6,9,12,14-15H2,1-2H3,(H,22,23). The van der Waals surface area contributed by atoms with Crippen molar-refractivity contribution in [1.29, 1.82) is 0 Å². The van der Waals surface area contributed by atoms with Gasteiger partial charge in [0.15, 0.2) is 18.1 Å². The number of nitrogens with one attached hydrogen (secondary N) is 1. The zero-order valence-corrected chi connectivity index (χ0v) is 16.1. The number of carbonyl (C=O) groups is 2. The predicted molar refractivity (Wildman–Crippen MR) is 104 cm³/mol. The van der Waals surface area contributed by atoms with Crippen LogP contribution in [0.3, 0.4) is 0 Å². The molecule has 0 aromatic heterocycles. The van der Waals surface area contributed by atoms with E-state index in [1.165, 1.54) is 0 Å². The molecule has 150 valence electrons. The first-order valence-corrected chi connectivity index (χ1v) is 8.93. The first kappa shape index (κ1) is 21.1. The lowest BCUT2D eigenvalue weighted by Crippen LogP contribution is -2.28. The van der Waals surface area contributed by atoms with Gasteiger partial charge in [0.2, 0.25) is 0 Å². The molecule has 0 spiro atoms. The van der Waals surface area contributed by atoms with E-state index in [-0.39, 0.29) is 18.9 Å². The third-order valence-electron chi connectivity index (χ3n) is 3.84. The molecule has 0 bridgehead atoms. The van der Waals surface area contributed by atoms with E-state index >= 15 is 0 Å². The highest BCUT2D eigenvalue weighted by Crippen LogP contribution is 2.27. The smallest absolute Gasteiger partial charge is 0.306 e. The molecule has 2 rings (SSSR count). The van der Waals surface area contributed by atoms with Gasteiger partial charge in [0, 0.05) is 13.0 Å². The number of para-hydroxylation sites is 1. The maximum atomic E-state index is 11.8. The molecule has 28 heavy (non-hydrogen) atoms. The molecule has 0 atom stereocenters. The maximum Gasteiger partial charge on any atom is 0.306 e. The summed E-state index contributed by atoms with van der Waals surface area (Å²) in [5, 5.41) is 2.69. The molecule has 7 heteroatoms. The minimum Gasteiger partial charge on any atom is -0.494 e. The van der Waals surface area contributed by atoms with Gasteiger partial charge in [-0.2, -0.15) is 0 Å². The minimum atomic E-state index is -0.432. The van der Waals surface area contributed by atoms with Crippen LogP contribution in [0.25, 0.3) is 0 Å². The molecule has 0 heterocycles. The third-order valence-corrected chi connectivity index (χ3v) is 3.84. The topological polar surface area (TPSA) is 83.1 Å². The van der Waals surface area contributed by atoms with Crippen LogP contribution < -0.4 is 19.5 Å². The van der Waals surface area contributed by atoms with Gasteiger partial charge in [-0.05, 0) is 36.2 Å². The summed E-state index contributed by atoms with van der Waals surface area (Å²) < 4.78 is 20.9. The number of esters is 1. The van der Waals surface area contributed by atoms with Gasteiger partial charge < -0.3 is 24.3 Å². The van der Waals surface area contributed by atoms with Crippen LogP contribution in [0.2, 0.25) is 0 Å². The van der Waals surface area contributed by atoms with Crippen molar-refractivity contribution in [2.45, 2.75) is 19.4 Å². The average Bonchev–Trinajstić information content (AvgIpc) is 2.74. The lowest BCUT2D eigenvalue weighted by atomic mass is 10.2. The van der Waals surface area contributed by atoms with Crippen molar-refractivity contribution >= 4 is 11.9 Å². The fourth-order valence-corrected chi connectivity index (χ4v) is 2.38. The summed E-state index contributed by atoms with van der Waals surface area (Å²) in [5.41, 5.74) is 0.843. The summed E-state index contributed by atoms with van der Waals surface area (Å²) in [6.45, 7) is 0.387. The second-order valence-corrected chi connectivity index (χ2v) is 5.89. The van der Waals surface area contributed by atoms with Crippen molar-refractivity contribution < 1.29 is 28.5 Å². The van der Waals surface area contributed by atoms with Crippen LogP contribution in [0.1, 0.15) is 18.4 Å². The van der Waals surface area contributed by atoms with Crippen LogP contribution in [0.4, 0.5) is 0 Å². The van der Waals surface area contributed by atoms with E-state index in [1.54, 1.807) is 26.4 Å². The molecule has 0 saturated carbocycles. The van der Waals surface area contributed by atoms with Crippen LogP contribution in [0, 0.1) is 0 Å². The van der Waals surface area contributed by atoms with E-state index in [2.05, 4.69) is 5.32 Å². The number of methoxy groups -OCH3 is 2. The number of benzene rings is 2. The Labute approximate surface area is 164 Å². The zero-order chi connectivity index (χ0) is 20.2. The van der Waals surface area contributed by atoms with Crippen LogP contribution in [-0.2, 0) is 20.9 Å². The molecular weight excluding hydrogens is 362 g/mol. The SMILES string of the molecule is COc1ccc(CNC(=O)COC(=O)CCCOc2ccccc2)cc1OC. The van der Waals surface area contributed by atoms with Crippen LogP contribution in [0.5, 0.6) is 17.2 Å². The summed E-state index contributed by atoms with van der Waals surface area (Å²) in [6, 6.07) is 14.7. The number of amides is 1. The largest absolute Gasteiger partial charge is 0.494 e. The van der Waals surface area contributed by atoms with E-state index in [0.29, 0.717) is 31.1 Å². The van der Waals surface area contributed by atoms with Crippen molar-refractivity contribution in [3.8, 4) is 17.2 Å². The van der Waals surface area contributed by atoms with Gasteiger partial charge in [-0.15, -0.1) is 0 Å². The Morgan fingerprint density at radius 2 is 1.71 bits per heavy atom. The molecule has 2 aromatic rings. The normalized spacial score (nSPS) is 10.1. The van der Waals surface area contributed by atoms with Gasteiger partial charge in [-0.3, -0.25) is 9.59 Å². The van der Waals surface area contributed by atoms with E-state index in [1.807, 2.05) is 36.4 Å². The number of carbonyl (C=O) groups excluding carboxylic acids is 2. The number of rotatable bonds is 11. The Hall–Kier alpha value is -3.22. The fourth-order valence-electron chi connectivity index (χ4n) is 2.38. The molecule has 0 fully saturated rings. The fraction of sp³-hybridized carbons (Fsp3) is 0.333. The van der Waals surface area contributed by atoms with Gasteiger partial charge in [0.1, 0.15) is 5.75 Å².